The third-order valence-electron chi connectivity index (χ3n) is 5.04. The number of carbonyl (C=O) groups is 1. The summed E-state index contributed by atoms with van der Waals surface area (Å²) in [6.07, 6.45) is 0. The number of hydrogen-bond acceptors (Lipinski definition) is 9. The third-order valence-corrected chi connectivity index (χ3v) is 7.33. The molecule has 1 aromatic carbocycles. The SMILES string of the molecule is Cc1nc2cc(NC(=O)c3cc4c(s3)NC(NCCN3CCOCC3)S4)ccc2o1. The first kappa shape index (κ1) is 19.8. The number of benzene rings is 1. The van der Waals surface area contributed by atoms with Crippen molar-refractivity contribution in [3.8, 4) is 0 Å². The summed E-state index contributed by atoms with van der Waals surface area (Å²) in [5, 5.41) is 11.0. The Morgan fingerprint density at radius 1 is 1.33 bits per heavy atom. The zero-order valence-electron chi connectivity index (χ0n) is 16.6. The summed E-state index contributed by atoms with van der Waals surface area (Å²) in [5.74, 6) is 0.493. The fourth-order valence-electron chi connectivity index (χ4n) is 3.53. The van der Waals surface area contributed by atoms with Crippen molar-refractivity contribution in [2.45, 2.75) is 17.3 Å². The maximum atomic E-state index is 12.7. The van der Waals surface area contributed by atoms with Gasteiger partial charge in [0.25, 0.3) is 5.91 Å². The smallest absolute Gasteiger partial charge is 0.265 e. The number of carbonyl (C=O) groups excluding carboxylic acids is 1. The molecule has 2 aliphatic heterocycles. The van der Waals surface area contributed by atoms with Crippen molar-refractivity contribution in [3.05, 3.63) is 35.0 Å². The molecule has 0 radical (unpaired) electrons. The van der Waals surface area contributed by atoms with Gasteiger partial charge in [-0.15, -0.1) is 11.3 Å². The number of aromatic nitrogens is 1. The van der Waals surface area contributed by atoms with Gasteiger partial charge in [0.05, 0.1) is 18.1 Å². The first-order chi connectivity index (χ1) is 14.6. The average Bonchev–Trinajstić information content (AvgIpc) is 3.40. The molecule has 30 heavy (non-hydrogen) atoms. The van der Waals surface area contributed by atoms with Crippen LogP contribution in [0.4, 0.5) is 10.7 Å². The van der Waals surface area contributed by atoms with Gasteiger partial charge in [-0.1, -0.05) is 11.8 Å². The zero-order valence-corrected chi connectivity index (χ0v) is 18.2. The van der Waals surface area contributed by atoms with Crippen molar-refractivity contribution in [3.63, 3.8) is 0 Å². The van der Waals surface area contributed by atoms with E-state index in [1.54, 1.807) is 18.7 Å². The van der Waals surface area contributed by atoms with Crippen LogP contribution in [0.2, 0.25) is 0 Å². The van der Waals surface area contributed by atoms with Crippen LogP contribution in [0.25, 0.3) is 11.1 Å². The molecule has 0 saturated carbocycles. The normalized spacial score (nSPS) is 19.0. The molecule has 10 heteroatoms. The Bertz CT molecular complexity index is 1040. The second-order valence-electron chi connectivity index (χ2n) is 7.22. The zero-order chi connectivity index (χ0) is 20.5. The second kappa shape index (κ2) is 8.56. The van der Waals surface area contributed by atoms with Crippen LogP contribution in [-0.2, 0) is 4.74 Å². The molecule has 158 valence electrons. The van der Waals surface area contributed by atoms with Crippen molar-refractivity contribution in [2.75, 3.05) is 50.0 Å². The lowest BCUT2D eigenvalue weighted by Gasteiger charge is -2.27. The Hall–Kier alpha value is -2.11. The largest absolute Gasteiger partial charge is 0.441 e. The molecule has 0 spiro atoms. The molecule has 2 aliphatic rings. The van der Waals surface area contributed by atoms with E-state index in [0.717, 1.165) is 54.8 Å². The number of fused-ring (bicyclic) bond motifs is 2. The predicted molar refractivity (Wildman–Crippen MR) is 120 cm³/mol. The van der Waals surface area contributed by atoms with Crippen LogP contribution in [0.5, 0.6) is 0 Å². The van der Waals surface area contributed by atoms with Crippen LogP contribution in [0.3, 0.4) is 0 Å². The van der Waals surface area contributed by atoms with Gasteiger partial charge >= 0.3 is 0 Å². The lowest BCUT2D eigenvalue weighted by Crippen LogP contribution is -2.42. The molecular weight excluding hydrogens is 422 g/mol. The van der Waals surface area contributed by atoms with Crippen LogP contribution in [0.15, 0.2) is 33.6 Å². The highest BCUT2D eigenvalue weighted by Gasteiger charge is 2.26. The number of anilines is 2. The maximum Gasteiger partial charge on any atom is 0.265 e. The number of oxazole rings is 1. The van der Waals surface area contributed by atoms with E-state index in [-0.39, 0.29) is 11.4 Å². The van der Waals surface area contributed by atoms with Crippen LogP contribution in [0.1, 0.15) is 15.6 Å². The molecule has 0 aliphatic carbocycles. The van der Waals surface area contributed by atoms with Gasteiger partial charge in [0.15, 0.2) is 11.5 Å². The number of amides is 1. The summed E-state index contributed by atoms with van der Waals surface area (Å²) >= 11 is 3.19. The first-order valence-corrected chi connectivity index (χ1v) is 11.6. The molecule has 3 aromatic rings. The van der Waals surface area contributed by atoms with Gasteiger partial charge in [0.1, 0.15) is 16.0 Å². The number of aryl methyl sites for hydroxylation is 1. The number of rotatable bonds is 6. The fourth-order valence-corrected chi connectivity index (χ4v) is 5.81. The highest BCUT2D eigenvalue weighted by Crippen LogP contribution is 2.43. The van der Waals surface area contributed by atoms with E-state index < -0.39 is 0 Å². The summed E-state index contributed by atoms with van der Waals surface area (Å²) in [5.41, 5.74) is 2.30. The van der Waals surface area contributed by atoms with Crippen molar-refractivity contribution in [2.24, 2.45) is 0 Å². The molecule has 5 rings (SSSR count). The van der Waals surface area contributed by atoms with Gasteiger partial charge in [0.2, 0.25) is 0 Å². The first-order valence-electron chi connectivity index (χ1n) is 9.93. The van der Waals surface area contributed by atoms with Crippen molar-refractivity contribution in [1.29, 1.82) is 0 Å². The van der Waals surface area contributed by atoms with Gasteiger partial charge in [-0.3, -0.25) is 15.0 Å². The van der Waals surface area contributed by atoms with E-state index >= 15 is 0 Å². The average molecular weight is 446 g/mol. The standard InChI is InChI=1S/C20H23N5O3S2/c1-12-22-14-10-13(2-3-15(14)28-12)23-18(26)16-11-17-19(29-16)24-20(30-17)21-4-5-25-6-8-27-9-7-25/h2-3,10-11,20-21,24H,4-9H2,1H3,(H,23,26). The predicted octanol–water partition coefficient (Wildman–Crippen LogP) is 3.17. The molecule has 1 fully saturated rings. The fraction of sp³-hybridized carbons (Fsp3) is 0.400. The Kier molecular flexibility index (Phi) is 5.66. The van der Waals surface area contributed by atoms with E-state index in [4.69, 9.17) is 9.15 Å². The highest BCUT2D eigenvalue weighted by molar-refractivity contribution is 8.00. The molecule has 1 saturated heterocycles. The molecule has 8 nitrogen and oxygen atoms in total. The number of hydrogen-bond donors (Lipinski definition) is 3. The summed E-state index contributed by atoms with van der Waals surface area (Å²) in [4.78, 5) is 21.2. The van der Waals surface area contributed by atoms with E-state index in [1.165, 1.54) is 11.3 Å². The number of ether oxygens (including phenoxy) is 1. The van der Waals surface area contributed by atoms with Gasteiger partial charge in [-0.2, -0.15) is 0 Å². The van der Waals surface area contributed by atoms with E-state index in [9.17, 15) is 4.79 Å². The molecule has 1 unspecified atom stereocenters. The second-order valence-corrected chi connectivity index (χ2v) is 9.42. The number of nitrogens with one attached hydrogen (secondary N) is 3. The molecule has 1 amide bonds. The lowest BCUT2D eigenvalue weighted by molar-refractivity contribution is 0.0384. The number of nitrogens with zero attached hydrogens (tertiary/aromatic N) is 2. The lowest BCUT2D eigenvalue weighted by atomic mass is 10.3. The quantitative estimate of drug-likeness (QED) is 0.533. The van der Waals surface area contributed by atoms with Crippen LogP contribution >= 0.6 is 23.1 Å². The molecule has 2 aromatic heterocycles. The minimum Gasteiger partial charge on any atom is -0.441 e. The number of thioether (sulfide) groups is 1. The Morgan fingerprint density at radius 3 is 3.03 bits per heavy atom. The summed E-state index contributed by atoms with van der Waals surface area (Å²) < 4.78 is 10.9. The van der Waals surface area contributed by atoms with E-state index in [2.05, 4.69) is 25.8 Å². The summed E-state index contributed by atoms with van der Waals surface area (Å²) in [7, 11) is 0. The third kappa shape index (κ3) is 4.33. The Balaban J connectivity index is 1.14. The maximum absolute atomic E-state index is 12.7. The molecule has 4 heterocycles. The Morgan fingerprint density at radius 2 is 2.20 bits per heavy atom. The van der Waals surface area contributed by atoms with Crippen molar-refractivity contribution >= 4 is 50.8 Å². The molecule has 0 bridgehead atoms. The van der Waals surface area contributed by atoms with Crippen LogP contribution in [-0.4, -0.2) is 60.7 Å². The van der Waals surface area contributed by atoms with Crippen molar-refractivity contribution < 1.29 is 13.9 Å². The summed E-state index contributed by atoms with van der Waals surface area (Å²) in [6, 6.07) is 7.43. The summed E-state index contributed by atoms with van der Waals surface area (Å²) in [6.45, 7) is 7.38. The molecular formula is C20H23N5O3S2. The van der Waals surface area contributed by atoms with Crippen LogP contribution < -0.4 is 16.0 Å². The topological polar surface area (TPSA) is 91.7 Å². The van der Waals surface area contributed by atoms with Gasteiger partial charge in [-0.05, 0) is 24.3 Å². The van der Waals surface area contributed by atoms with Gasteiger partial charge in [-0.25, -0.2) is 4.98 Å². The Labute approximate surface area is 182 Å². The van der Waals surface area contributed by atoms with E-state index in [1.807, 2.05) is 24.3 Å². The van der Waals surface area contributed by atoms with Gasteiger partial charge in [0, 0.05) is 43.7 Å². The minimum atomic E-state index is -0.117. The number of thiophene rings is 1. The van der Waals surface area contributed by atoms with Gasteiger partial charge < -0.3 is 19.8 Å². The highest BCUT2D eigenvalue weighted by atomic mass is 32.2. The van der Waals surface area contributed by atoms with Crippen LogP contribution in [0, 0.1) is 6.92 Å². The minimum absolute atomic E-state index is 0.117. The number of morpholine rings is 1. The monoisotopic (exact) mass is 445 g/mol. The van der Waals surface area contributed by atoms with Crippen molar-refractivity contribution in [1.82, 2.24) is 15.2 Å². The molecule has 3 N–H and O–H groups in total. The van der Waals surface area contributed by atoms with E-state index in [0.29, 0.717) is 22.0 Å². The molecule has 1 atom stereocenters.